The van der Waals surface area contributed by atoms with Gasteiger partial charge in [-0.2, -0.15) is 5.10 Å². The van der Waals surface area contributed by atoms with E-state index in [-0.39, 0.29) is 0 Å². The maximum atomic E-state index is 13.8. The van der Waals surface area contributed by atoms with Crippen LogP contribution in [0, 0.1) is 17.5 Å². The second-order valence-corrected chi connectivity index (χ2v) is 4.17. The molecule has 0 bridgehead atoms. The molecule has 2 aromatic rings. The zero-order chi connectivity index (χ0) is 14.9. The van der Waals surface area contributed by atoms with E-state index in [2.05, 4.69) is 5.10 Å². The number of nitrogens with zero attached hydrogens (tertiary/aromatic N) is 2. The van der Waals surface area contributed by atoms with E-state index in [0.29, 0.717) is 30.1 Å². The lowest BCUT2D eigenvalue weighted by atomic mass is 10.0. The molecule has 0 saturated carbocycles. The van der Waals surface area contributed by atoms with E-state index in [4.69, 9.17) is 10.5 Å². The van der Waals surface area contributed by atoms with Crippen LogP contribution in [0.15, 0.2) is 18.3 Å². The number of benzene rings is 1. The van der Waals surface area contributed by atoms with Crippen LogP contribution in [0.4, 0.5) is 13.2 Å². The van der Waals surface area contributed by atoms with E-state index in [1.165, 1.54) is 18.0 Å². The van der Waals surface area contributed by atoms with Gasteiger partial charge in [-0.1, -0.05) is 0 Å². The molecular formula is C13H14F3N3O. The van der Waals surface area contributed by atoms with Crippen molar-refractivity contribution in [2.45, 2.75) is 19.5 Å². The molecule has 4 nitrogen and oxygen atoms in total. The number of methoxy groups -OCH3 is 1. The number of halogens is 3. The van der Waals surface area contributed by atoms with Crippen molar-refractivity contribution < 1.29 is 17.9 Å². The summed E-state index contributed by atoms with van der Waals surface area (Å²) in [5, 5.41) is 4.02. The van der Waals surface area contributed by atoms with Gasteiger partial charge in [0.05, 0.1) is 19.3 Å². The first-order chi connectivity index (χ1) is 9.49. The van der Waals surface area contributed by atoms with Crippen molar-refractivity contribution >= 4 is 0 Å². The molecule has 0 amide bonds. The van der Waals surface area contributed by atoms with Crippen molar-refractivity contribution in [1.82, 2.24) is 9.78 Å². The molecule has 1 aromatic heterocycles. The zero-order valence-corrected chi connectivity index (χ0v) is 11.0. The van der Waals surface area contributed by atoms with Gasteiger partial charge in [-0.05, 0) is 6.92 Å². The molecule has 0 saturated heterocycles. The number of ether oxygens (including phenoxy) is 1. The first-order valence-corrected chi connectivity index (χ1v) is 5.99. The highest BCUT2D eigenvalue weighted by Crippen LogP contribution is 2.31. The summed E-state index contributed by atoms with van der Waals surface area (Å²) >= 11 is 0. The van der Waals surface area contributed by atoms with Crippen LogP contribution in [0.3, 0.4) is 0 Å². The molecule has 2 rings (SSSR count). The molecule has 7 heteroatoms. The third-order valence-corrected chi connectivity index (χ3v) is 3.01. The minimum atomic E-state index is -1.15. The Morgan fingerprint density at radius 3 is 2.40 bits per heavy atom. The topological polar surface area (TPSA) is 53.1 Å². The Hall–Kier alpha value is -2.02. The van der Waals surface area contributed by atoms with E-state index in [1.807, 2.05) is 0 Å². The van der Waals surface area contributed by atoms with Gasteiger partial charge in [0.2, 0.25) is 0 Å². The lowest BCUT2D eigenvalue weighted by Gasteiger charge is -2.17. The number of nitrogens with two attached hydrogens (primary N) is 1. The Morgan fingerprint density at radius 1 is 1.30 bits per heavy atom. The number of hydrogen-bond acceptors (Lipinski definition) is 3. The highest BCUT2D eigenvalue weighted by atomic mass is 19.1. The fraction of sp³-hybridized carbons (Fsp3) is 0.308. The quantitative estimate of drug-likeness (QED) is 0.938. The Bertz CT molecular complexity index is 583. The number of aryl methyl sites for hydroxylation is 1. The van der Waals surface area contributed by atoms with Crippen molar-refractivity contribution in [2.24, 2.45) is 5.73 Å². The normalized spacial score (nSPS) is 12.5. The average molecular weight is 285 g/mol. The van der Waals surface area contributed by atoms with Gasteiger partial charge in [0.1, 0.15) is 23.1 Å². The molecule has 0 aliphatic heterocycles. The van der Waals surface area contributed by atoms with Crippen LogP contribution in [0.25, 0.3) is 0 Å². The largest absolute Gasteiger partial charge is 0.493 e. The van der Waals surface area contributed by atoms with Crippen molar-refractivity contribution in [3.63, 3.8) is 0 Å². The third-order valence-electron chi connectivity index (χ3n) is 3.01. The average Bonchev–Trinajstić information content (AvgIpc) is 2.79. The van der Waals surface area contributed by atoms with Gasteiger partial charge in [-0.3, -0.25) is 4.68 Å². The predicted molar refractivity (Wildman–Crippen MR) is 66.8 cm³/mol. The molecule has 0 aliphatic carbocycles. The Kier molecular flexibility index (Phi) is 3.99. The molecule has 0 spiro atoms. The van der Waals surface area contributed by atoms with Crippen molar-refractivity contribution in [3.8, 4) is 5.75 Å². The van der Waals surface area contributed by atoms with Crippen LogP contribution >= 0.6 is 0 Å². The van der Waals surface area contributed by atoms with Crippen LogP contribution in [-0.2, 0) is 6.54 Å². The molecule has 0 aliphatic rings. The molecule has 1 heterocycles. The van der Waals surface area contributed by atoms with Crippen LogP contribution < -0.4 is 10.5 Å². The van der Waals surface area contributed by atoms with Gasteiger partial charge in [0.25, 0.3) is 0 Å². The molecular weight excluding hydrogens is 271 g/mol. The maximum absolute atomic E-state index is 13.8. The van der Waals surface area contributed by atoms with Gasteiger partial charge in [0, 0.05) is 24.2 Å². The Balaban J connectivity index is 2.57. The summed E-state index contributed by atoms with van der Waals surface area (Å²) in [5.74, 6) is -2.75. The van der Waals surface area contributed by atoms with E-state index in [0.717, 1.165) is 0 Å². The van der Waals surface area contributed by atoms with Gasteiger partial charge in [0.15, 0.2) is 5.75 Å². The second kappa shape index (κ2) is 5.54. The zero-order valence-electron chi connectivity index (χ0n) is 11.0. The van der Waals surface area contributed by atoms with Gasteiger partial charge < -0.3 is 10.5 Å². The summed E-state index contributed by atoms with van der Waals surface area (Å²) in [6.45, 7) is 2.26. The van der Waals surface area contributed by atoms with Crippen LogP contribution in [0.5, 0.6) is 5.75 Å². The van der Waals surface area contributed by atoms with Crippen molar-refractivity contribution in [3.05, 3.63) is 47.0 Å². The second-order valence-electron chi connectivity index (χ2n) is 4.17. The number of hydrogen-bond donors (Lipinski definition) is 1. The maximum Gasteiger partial charge on any atom is 0.161 e. The highest BCUT2D eigenvalue weighted by molar-refractivity contribution is 5.37. The molecule has 1 unspecified atom stereocenters. The Morgan fingerprint density at radius 2 is 1.90 bits per heavy atom. The summed E-state index contributed by atoms with van der Waals surface area (Å²) < 4.78 is 47.1. The molecule has 1 atom stereocenters. The van der Waals surface area contributed by atoms with E-state index < -0.39 is 29.1 Å². The summed E-state index contributed by atoms with van der Waals surface area (Å²) in [5.41, 5.74) is 5.84. The fourth-order valence-electron chi connectivity index (χ4n) is 2.09. The van der Waals surface area contributed by atoms with Crippen molar-refractivity contribution in [2.75, 3.05) is 7.11 Å². The van der Waals surface area contributed by atoms with Gasteiger partial charge in [-0.15, -0.1) is 0 Å². The number of aromatic nitrogens is 2. The van der Waals surface area contributed by atoms with Gasteiger partial charge >= 0.3 is 0 Å². The van der Waals surface area contributed by atoms with Crippen LogP contribution in [0.1, 0.15) is 24.2 Å². The van der Waals surface area contributed by atoms with Crippen LogP contribution in [-0.4, -0.2) is 16.9 Å². The summed E-state index contributed by atoms with van der Waals surface area (Å²) in [4.78, 5) is 0. The summed E-state index contributed by atoms with van der Waals surface area (Å²) in [6.07, 6.45) is 1.41. The van der Waals surface area contributed by atoms with E-state index in [9.17, 15) is 13.2 Å². The molecule has 2 N–H and O–H groups in total. The lowest BCUT2D eigenvalue weighted by Crippen LogP contribution is -2.20. The fourth-order valence-corrected chi connectivity index (χ4v) is 2.09. The first kappa shape index (κ1) is 14.4. The molecule has 108 valence electrons. The van der Waals surface area contributed by atoms with Gasteiger partial charge in [-0.25, -0.2) is 13.2 Å². The summed E-state index contributed by atoms with van der Waals surface area (Å²) in [7, 11) is 1.41. The Labute approximate surface area is 114 Å². The summed E-state index contributed by atoms with van der Waals surface area (Å²) in [6, 6.07) is 0.0439. The number of rotatable bonds is 4. The van der Waals surface area contributed by atoms with Crippen molar-refractivity contribution in [1.29, 1.82) is 0 Å². The predicted octanol–water partition coefficient (Wildman–Crippen LogP) is 2.38. The SMILES string of the molecule is CCn1ncc(OC)c1C(N)c1c(F)cc(F)cc1F. The van der Waals surface area contributed by atoms with E-state index >= 15 is 0 Å². The minimum Gasteiger partial charge on any atom is -0.493 e. The molecule has 0 fully saturated rings. The smallest absolute Gasteiger partial charge is 0.161 e. The monoisotopic (exact) mass is 285 g/mol. The first-order valence-electron chi connectivity index (χ1n) is 5.99. The minimum absolute atomic E-state index is 0.322. The highest BCUT2D eigenvalue weighted by Gasteiger charge is 2.26. The molecule has 1 aromatic carbocycles. The molecule has 20 heavy (non-hydrogen) atoms. The van der Waals surface area contributed by atoms with E-state index in [1.54, 1.807) is 6.92 Å². The molecule has 0 radical (unpaired) electrons. The van der Waals surface area contributed by atoms with Crippen LogP contribution in [0.2, 0.25) is 0 Å². The third kappa shape index (κ3) is 2.36. The standard InChI is InChI=1S/C13H14F3N3O/c1-3-19-13(10(20-2)6-18-19)12(17)11-8(15)4-7(14)5-9(11)16/h4-6,12H,3,17H2,1-2H3. The lowest BCUT2D eigenvalue weighted by molar-refractivity contribution is 0.402.